The highest BCUT2D eigenvalue weighted by molar-refractivity contribution is 5.94. The van der Waals surface area contributed by atoms with Gasteiger partial charge in [-0.15, -0.1) is 0 Å². The monoisotopic (exact) mass is 604 g/mol. The van der Waals surface area contributed by atoms with Crippen molar-refractivity contribution in [1.29, 1.82) is 0 Å². The number of fused-ring (bicyclic) bond motifs is 1. The molecule has 1 aromatic heterocycles. The predicted molar refractivity (Wildman–Crippen MR) is 154 cm³/mol. The van der Waals surface area contributed by atoms with Crippen molar-refractivity contribution < 1.29 is 26.7 Å². The number of amides is 1. The molecular weight excluding hydrogens is 567 g/mol. The predicted octanol–water partition coefficient (Wildman–Crippen LogP) is 5.13. The summed E-state index contributed by atoms with van der Waals surface area (Å²) in [6.45, 7) is 2.31. The van der Waals surface area contributed by atoms with Crippen LogP contribution in [0.2, 0.25) is 0 Å². The molecular formula is C31H37F5N6O. The second-order valence-electron chi connectivity index (χ2n) is 11.5. The Balaban J connectivity index is 1.19. The van der Waals surface area contributed by atoms with Crippen LogP contribution in [0.5, 0.6) is 0 Å². The zero-order chi connectivity index (χ0) is 30.6. The van der Waals surface area contributed by atoms with Crippen LogP contribution in [0.1, 0.15) is 49.3 Å². The third-order valence-electron chi connectivity index (χ3n) is 8.16. The number of nitrogens with zero attached hydrogens (tertiary/aromatic N) is 3. The van der Waals surface area contributed by atoms with Crippen LogP contribution in [0.4, 0.5) is 27.8 Å². The van der Waals surface area contributed by atoms with Gasteiger partial charge in [0.2, 0.25) is 5.91 Å². The Hall–Kier alpha value is -3.35. The third-order valence-corrected chi connectivity index (χ3v) is 8.16. The molecule has 5 rings (SSSR count). The van der Waals surface area contributed by atoms with Gasteiger partial charge in [-0.25, -0.2) is 13.8 Å². The molecule has 232 valence electrons. The molecule has 3 atom stereocenters. The van der Waals surface area contributed by atoms with Crippen LogP contribution in [-0.2, 0) is 24.2 Å². The van der Waals surface area contributed by atoms with Crippen molar-refractivity contribution in [3.8, 4) is 5.69 Å². The number of benzene rings is 2. The maximum atomic E-state index is 14.4. The maximum absolute atomic E-state index is 14.4. The molecule has 3 aromatic rings. The zero-order valence-electron chi connectivity index (χ0n) is 24.1. The van der Waals surface area contributed by atoms with E-state index >= 15 is 0 Å². The lowest BCUT2D eigenvalue weighted by Crippen LogP contribution is -2.48. The Bertz CT molecular complexity index is 1410. The number of nitrogens with one attached hydrogen (secondary N) is 3. The molecule has 0 radical (unpaired) electrons. The average molecular weight is 605 g/mol. The number of alkyl halides is 3. The number of hydrogen-bond donors (Lipinski definition) is 3. The Kier molecular flexibility index (Phi) is 9.78. The first kappa shape index (κ1) is 31.1. The number of imidazole rings is 1. The summed E-state index contributed by atoms with van der Waals surface area (Å²) in [6, 6.07) is 9.28. The van der Waals surface area contributed by atoms with Crippen LogP contribution in [0, 0.1) is 11.6 Å². The van der Waals surface area contributed by atoms with Crippen LogP contribution in [0.3, 0.4) is 0 Å². The largest absolute Gasteiger partial charge is 0.401 e. The van der Waals surface area contributed by atoms with E-state index in [1.165, 1.54) is 11.0 Å². The van der Waals surface area contributed by atoms with E-state index in [0.29, 0.717) is 68.7 Å². The summed E-state index contributed by atoms with van der Waals surface area (Å²) < 4.78 is 68.1. The summed E-state index contributed by atoms with van der Waals surface area (Å²) in [5.41, 5.74) is 2.97. The van der Waals surface area contributed by atoms with Gasteiger partial charge in [-0.3, -0.25) is 9.69 Å². The zero-order valence-corrected chi connectivity index (χ0v) is 24.1. The summed E-state index contributed by atoms with van der Waals surface area (Å²) >= 11 is 0. The highest BCUT2D eigenvalue weighted by Gasteiger charge is 2.34. The van der Waals surface area contributed by atoms with E-state index in [0.717, 1.165) is 23.7 Å². The number of likely N-dealkylation sites (tertiary alicyclic amines) is 1. The molecule has 0 spiro atoms. The summed E-state index contributed by atoms with van der Waals surface area (Å²) in [7, 11) is 0. The number of para-hydroxylation sites is 1. The standard InChI is InChI=1S/C31H37F5N6O/c1-2-5-27(39-23-9-8-20-12-22(32)13-26(33)25(20)14-23)30(43)40-29-17-42(19-38-29)28-7-4-3-6-21(28)15-37-24-10-11-41(16-24)18-31(34,35)36/h3-4,6-7,12-13,17,19,23-24,27,37,39H,2,5,8-11,14-16,18H2,1H3,(H,40,43)/t23-,24?,27+/m0/s1. The number of hydrogen-bond acceptors (Lipinski definition) is 5. The minimum absolute atomic E-state index is 0.0358. The number of aryl methyl sites for hydroxylation is 1. The van der Waals surface area contributed by atoms with E-state index in [1.54, 1.807) is 17.1 Å². The van der Waals surface area contributed by atoms with Gasteiger partial charge in [-0.2, -0.15) is 13.2 Å². The van der Waals surface area contributed by atoms with Gasteiger partial charge in [0.1, 0.15) is 18.0 Å². The smallest absolute Gasteiger partial charge is 0.309 e. The summed E-state index contributed by atoms with van der Waals surface area (Å²) in [4.78, 5) is 19.1. The summed E-state index contributed by atoms with van der Waals surface area (Å²) in [5.74, 6) is -0.984. The van der Waals surface area contributed by atoms with Gasteiger partial charge >= 0.3 is 6.18 Å². The first-order valence-electron chi connectivity index (χ1n) is 14.8. The van der Waals surface area contributed by atoms with Crippen LogP contribution < -0.4 is 16.0 Å². The van der Waals surface area contributed by atoms with Gasteiger partial charge in [-0.1, -0.05) is 31.5 Å². The fourth-order valence-electron chi connectivity index (χ4n) is 6.09. The highest BCUT2D eigenvalue weighted by atomic mass is 19.4. The van der Waals surface area contributed by atoms with E-state index in [4.69, 9.17) is 0 Å². The molecule has 1 aliphatic heterocycles. The fourth-order valence-corrected chi connectivity index (χ4v) is 6.09. The molecule has 7 nitrogen and oxygen atoms in total. The molecule has 1 aliphatic carbocycles. The van der Waals surface area contributed by atoms with E-state index in [1.807, 2.05) is 31.2 Å². The lowest BCUT2D eigenvalue weighted by Gasteiger charge is -2.29. The Morgan fingerprint density at radius 1 is 1.14 bits per heavy atom. The number of halogens is 5. The third kappa shape index (κ3) is 8.18. The molecule has 43 heavy (non-hydrogen) atoms. The summed E-state index contributed by atoms with van der Waals surface area (Å²) in [5, 5.41) is 9.66. The lowest BCUT2D eigenvalue weighted by molar-refractivity contribution is -0.143. The molecule has 12 heteroatoms. The first-order chi connectivity index (χ1) is 20.6. The van der Waals surface area contributed by atoms with Crippen molar-refractivity contribution in [2.24, 2.45) is 0 Å². The van der Waals surface area contributed by atoms with Gasteiger partial charge in [-0.05, 0) is 60.9 Å². The van der Waals surface area contributed by atoms with Crippen molar-refractivity contribution >= 4 is 11.7 Å². The van der Waals surface area contributed by atoms with E-state index in [-0.39, 0.29) is 18.0 Å². The molecule has 0 bridgehead atoms. The number of carbonyl (C=O) groups excluding carboxylic acids is 1. The minimum atomic E-state index is -4.20. The van der Waals surface area contributed by atoms with Crippen molar-refractivity contribution in [2.45, 2.75) is 76.3 Å². The highest BCUT2D eigenvalue weighted by Crippen LogP contribution is 2.26. The second-order valence-corrected chi connectivity index (χ2v) is 11.5. The number of carbonyl (C=O) groups is 1. The lowest BCUT2D eigenvalue weighted by atomic mass is 9.87. The van der Waals surface area contributed by atoms with Crippen molar-refractivity contribution in [3.05, 3.63) is 77.2 Å². The SMILES string of the molecule is CCC[C@@H](N[C@H]1CCc2cc(F)cc(F)c2C1)C(=O)Nc1cn(-c2ccccc2CNC2CCN(CC(F)(F)F)C2)cn1. The maximum Gasteiger partial charge on any atom is 0.401 e. The Labute approximate surface area is 247 Å². The fraction of sp³-hybridized carbons (Fsp3) is 0.484. The molecule has 1 fully saturated rings. The number of rotatable bonds is 11. The molecule has 1 amide bonds. The van der Waals surface area contributed by atoms with Crippen LogP contribution in [0.25, 0.3) is 5.69 Å². The van der Waals surface area contributed by atoms with Gasteiger partial charge in [0.25, 0.3) is 0 Å². The quantitative estimate of drug-likeness (QED) is 0.265. The average Bonchev–Trinajstić information content (AvgIpc) is 3.60. The van der Waals surface area contributed by atoms with Crippen LogP contribution >= 0.6 is 0 Å². The summed E-state index contributed by atoms with van der Waals surface area (Å²) in [6.07, 6.45) is 2.71. The van der Waals surface area contributed by atoms with Gasteiger partial charge < -0.3 is 20.5 Å². The van der Waals surface area contributed by atoms with Crippen LogP contribution in [-0.4, -0.2) is 64.3 Å². The van der Waals surface area contributed by atoms with Crippen molar-refractivity contribution in [2.75, 3.05) is 25.0 Å². The number of anilines is 1. The van der Waals surface area contributed by atoms with E-state index in [2.05, 4.69) is 20.9 Å². The second kappa shape index (κ2) is 13.5. The molecule has 2 heterocycles. The van der Waals surface area contributed by atoms with Crippen LogP contribution in [0.15, 0.2) is 48.9 Å². The normalized spacial score (nSPS) is 19.8. The van der Waals surface area contributed by atoms with Crippen molar-refractivity contribution in [3.63, 3.8) is 0 Å². The molecule has 0 saturated carbocycles. The van der Waals surface area contributed by atoms with E-state index < -0.39 is 30.4 Å². The minimum Gasteiger partial charge on any atom is -0.309 e. The number of aromatic nitrogens is 2. The Morgan fingerprint density at radius 3 is 2.74 bits per heavy atom. The molecule has 1 unspecified atom stereocenters. The van der Waals surface area contributed by atoms with Gasteiger partial charge in [0, 0.05) is 37.8 Å². The molecule has 3 N–H and O–H groups in total. The topological polar surface area (TPSA) is 74.2 Å². The van der Waals surface area contributed by atoms with Gasteiger partial charge in [0.05, 0.1) is 24.5 Å². The van der Waals surface area contributed by atoms with E-state index in [9.17, 15) is 26.7 Å². The van der Waals surface area contributed by atoms with Gasteiger partial charge in [0.15, 0.2) is 5.82 Å². The van der Waals surface area contributed by atoms with Crippen molar-refractivity contribution in [1.82, 2.24) is 25.1 Å². The Morgan fingerprint density at radius 2 is 1.95 bits per heavy atom. The molecule has 2 aliphatic rings. The first-order valence-corrected chi connectivity index (χ1v) is 14.8. The molecule has 1 saturated heterocycles. The molecule has 2 aromatic carbocycles.